The Balaban J connectivity index is 1.44. The molecule has 1 aromatic heterocycles. The van der Waals surface area contributed by atoms with Gasteiger partial charge < -0.3 is 9.84 Å². The van der Waals surface area contributed by atoms with Crippen molar-refractivity contribution in [1.82, 2.24) is 4.90 Å². The zero-order valence-corrected chi connectivity index (χ0v) is 19.1. The monoisotopic (exact) mass is 439 g/mol. The maximum atomic E-state index is 9.96. The largest absolute Gasteiger partial charge is 0.508 e. The van der Waals surface area contributed by atoms with Crippen LogP contribution in [0.2, 0.25) is 0 Å². The molecule has 0 saturated carbocycles. The van der Waals surface area contributed by atoms with Crippen LogP contribution in [0, 0.1) is 19.1 Å². The standard InChI is InChI=1S/C28H25NO2S/c1-3-14-29-17-21(18-29)15-20-8-11-23(12-9-20)31-27-25-13-10-22(30)16-26(25)32-28(27)24-7-5-4-6-19(24)2/h4,6,8-13,15-16,30H,3,14,17-18H2,1-2H3. The van der Waals surface area contributed by atoms with Crippen LogP contribution in [0.3, 0.4) is 0 Å². The smallest absolute Gasteiger partial charge is 0.154 e. The lowest BCUT2D eigenvalue weighted by Gasteiger charge is -2.33. The highest BCUT2D eigenvalue weighted by molar-refractivity contribution is 7.22. The molecule has 0 aliphatic carbocycles. The lowest BCUT2D eigenvalue weighted by Crippen LogP contribution is -2.40. The Morgan fingerprint density at radius 3 is 2.69 bits per heavy atom. The van der Waals surface area contributed by atoms with Crippen LogP contribution in [-0.2, 0) is 0 Å². The van der Waals surface area contributed by atoms with Crippen LogP contribution in [0.15, 0.2) is 60.2 Å². The molecule has 0 amide bonds. The van der Waals surface area contributed by atoms with Gasteiger partial charge in [0.2, 0.25) is 0 Å². The molecular formula is C28H25NO2S. The minimum absolute atomic E-state index is 0.253. The molecule has 1 N–H and O–H groups in total. The van der Waals surface area contributed by atoms with Gasteiger partial charge in [0, 0.05) is 28.7 Å². The lowest BCUT2D eigenvalue weighted by atomic mass is 10.0. The number of aryl methyl sites for hydroxylation is 1. The third kappa shape index (κ3) is 4.10. The van der Waals surface area contributed by atoms with Crippen LogP contribution < -0.4 is 4.74 Å². The summed E-state index contributed by atoms with van der Waals surface area (Å²) in [5.41, 5.74) is 4.77. The minimum Gasteiger partial charge on any atom is -0.508 e. The van der Waals surface area contributed by atoms with Gasteiger partial charge in [-0.25, -0.2) is 0 Å². The SMILES string of the molecule is CCCN1CC(=Cc2ccc(Oc3c(-c4c#cccc4C)sc4cc(O)ccc34)cc2)C1. The van der Waals surface area contributed by atoms with Gasteiger partial charge in [-0.1, -0.05) is 37.3 Å². The third-order valence-electron chi connectivity index (χ3n) is 5.73. The van der Waals surface area contributed by atoms with E-state index in [0.717, 1.165) is 50.7 Å². The van der Waals surface area contributed by atoms with Gasteiger partial charge in [-0.3, -0.25) is 4.90 Å². The number of likely N-dealkylation sites (tertiary alicyclic amines) is 1. The number of benzene rings is 2. The molecule has 1 saturated heterocycles. The van der Waals surface area contributed by atoms with Crippen molar-refractivity contribution >= 4 is 27.5 Å². The normalized spacial score (nSPS) is 13.6. The van der Waals surface area contributed by atoms with E-state index >= 15 is 0 Å². The van der Waals surface area contributed by atoms with Crippen molar-refractivity contribution in [2.75, 3.05) is 19.6 Å². The molecule has 0 bridgehead atoms. The van der Waals surface area contributed by atoms with E-state index in [1.165, 1.54) is 24.1 Å². The van der Waals surface area contributed by atoms with Crippen LogP contribution in [-0.4, -0.2) is 29.6 Å². The number of aromatic hydroxyl groups is 1. The molecular weight excluding hydrogens is 414 g/mol. The van der Waals surface area contributed by atoms with E-state index in [4.69, 9.17) is 4.74 Å². The number of rotatable bonds is 6. The highest BCUT2D eigenvalue weighted by Gasteiger charge is 2.19. The summed E-state index contributed by atoms with van der Waals surface area (Å²) < 4.78 is 7.41. The van der Waals surface area contributed by atoms with Gasteiger partial charge in [0.05, 0.1) is 4.88 Å². The molecule has 4 heteroatoms. The molecule has 5 rings (SSSR count). The molecule has 2 heterocycles. The highest BCUT2D eigenvalue weighted by atomic mass is 32.1. The molecule has 0 unspecified atom stereocenters. The van der Waals surface area contributed by atoms with E-state index in [-0.39, 0.29) is 5.75 Å². The fraction of sp³-hybridized carbons (Fsp3) is 0.214. The molecule has 0 atom stereocenters. The molecule has 1 aliphatic heterocycles. The van der Waals surface area contributed by atoms with Crippen molar-refractivity contribution in [3.63, 3.8) is 0 Å². The van der Waals surface area contributed by atoms with Crippen molar-refractivity contribution in [3.8, 4) is 27.7 Å². The molecule has 1 aliphatic rings. The van der Waals surface area contributed by atoms with Crippen molar-refractivity contribution in [3.05, 3.63) is 83.4 Å². The Kier molecular flexibility index (Phi) is 5.61. The molecule has 160 valence electrons. The van der Waals surface area contributed by atoms with Crippen molar-refractivity contribution in [2.45, 2.75) is 20.3 Å². The van der Waals surface area contributed by atoms with Crippen molar-refractivity contribution < 1.29 is 9.84 Å². The lowest BCUT2D eigenvalue weighted by molar-refractivity contribution is 0.253. The fourth-order valence-electron chi connectivity index (χ4n) is 4.11. The Morgan fingerprint density at radius 1 is 1.12 bits per heavy atom. The summed E-state index contributed by atoms with van der Waals surface area (Å²) in [6.07, 6.45) is 3.48. The zero-order chi connectivity index (χ0) is 22.1. The van der Waals surface area contributed by atoms with E-state index in [2.05, 4.69) is 49.1 Å². The van der Waals surface area contributed by atoms with E-state index in [1.807, 2.05) is 30.3 Å². The first-order valence-electron chi connectivity index (χ1n) is 11.0. The quantitative estimate of drug-likeness (QED) is 0.348. The topological polar surface area (TPSA) is 32.7 Å². The highest BCUT2D eigenvalue weighted by Crippen LogP contribution is 2.47. The van der Waals surface area contributed by atoms with Gasteiger partial charge in [-0.15, -0.1) is 11.3 Å². The predicted octanol–water partition coefficient (Wildman–Crippen LogP) is 7.08. The van der Waals surface area contributed by atoms with E-state index < -0.39 is 0 Å². The number of phenols is 1. The second-order valence-electron chi connectivity index (χ2n) is 8.29. The van der Waals surface area contributed by atoms with Gasteiger partial charge in [0.15, 0.2) is 5.75 Å². The number of ether oxygens (including phenoxy) is 1. The molecule has 0 spiro atoms. The number of nitrogens with zero attached hydrogens (tertiary/aromatic N) is 1. The summed E-state index contributed by atoms with van der Waals surface area (Å²) in [6.45, 7) is 7.62. The summed E-state index contributed by atoms with van der Waals surface area (Å²) in [5, 5.41) is 10.9. The van der Waals surface area contributed by atoms with Gasteiger partial charge in [-0.2, -0.15) is 0 Å². The van der Waals surface area contributed by atoms with Crippen LogP contribution in [0.5, 0.6) is 17.2 Å². The zero-order valence-electron chi connectivity index (χ0n) is 18.3. The molecule has 0 radical (unpaired) electrons. The minimum atomic E-state index is 0.253. The first-order chi connectivity index (χ1) is 15.6. The van der Waals surface area contributed by atoms with Crippen LogP contribution in [0.25, 0.3) is 26.6 Å². The number of hydrogen-bond acceptors (Lipinski definition) is 4. The van der Waals surface area contributed by atoms with E-state index in [0.29, 0.717) is 0 Å². The number of fused-ring (bicyclic) bond motifs is 1. The number of phenolic OH excluding ortho intramolecular Hbond substituents is 1. The maximum Gasteiger partial charge on any atom is 0.154 e. The van der Waals surface area contributed by atoms with Crippen molar-refractivity contribution in [1.29, 1.82) is 0 Å². The first kappa shape index (κ1) is 20.6. The predicted molar refractivity (Wildman–Crippen MR) is 133 cm³/mol. The Hall–Kier alpha value is -3.26. The van der Waals surface area contributed by atoms with Gasteiger partial charge in [0.25, 0.3) is 0 Å². The fourth-order valence-corrected chi connectivity index (χ4v) is 5.33. The number of thiophene rings is 1. The molecule has 32 heavy (non-hydrogen) atoms. The first-order valence-corrected chi connectivity index (χ1v) is 11.8. The summed E-state index contributed by atoms with van der Waals surface area (Å²) in [4.78, 5) is 3.46. The maximum absolute atomic E-state index is 9.96. The van der Waals surface area contributed by atoms with Crippen LogP contribution in [0.1, 0.15) is 24.5 Å². The summed E-state index contributed by atoms with van der Waals surface area (Å²) in [6, 6.07) is 23.9. The molecule has 4 aromatic rings. The average Bonchev–Trinajstić information content (AvgIpc) is 3.11. The van der Waals surface area contributed by atoms with Gasteiger partial charge in [0.1, 0.15) is 11.5 Å². The number of hydrogen-bond donors (Lipinski definition) is 1. The van der Waals surface area contributed by atoms with Gasteiger partial charge >= 0.3 is 0 Å². The summed E-state index contributed by atoms with van der Waals surface area (Å²) in [7, 11) is 0. The van der Waals surface area contributed by atoms with Crippen LogP contribution in [0.4, 0.5) is 0 Å². The third-order valence-corrected chi connectivity index (χ3v) is 6.88. The second kappa shape index (κ2) is 8.70. The second-order valence-corrected chi connectivity index (χ2v) is 9.34. The van der Waals surface area contributed by atoms with E-state index in [1.54, 1.807) is 23.5 Å². The Morgan fingerprint density at radius 2 is 1.94 bits per heavy atom. The Bertz CT molecular complexity index is 1280. The Labute approximate surface area is 193 Å². The van der Waals surface area contributed by atoms with E-state index in [9.17, 15) is 5.11 Å². The summed E-state index contributed by atoms with van der Waals surface area (Å²) >= 11 is 1.60. The van der Waals surface area contributed by atoms with Crippen LogP contribution >= 0.6 is 11.3 Å². The summed E-state index contributed by atoms with van der Waals surface area (Å²) in [5.74, 6) is 1.84. The molecule has 3 nitrogen and oxygen atoms in total. The molecule has 1 fully saturated rings. The average molecular weight is 440 g/mol. The van der Waals surface area contributed by atoms with Gasteiger partial charge in [-0.05, 0) is 79.1 Å². The van der Waals surface area contributed by atoms with Crippen molar-refractivity contribution in [2.24, 2.45) is 0 Å². The molecule has 3 aromatic carbocycles.